The monoisotopic (exact) mass is 251 g/mol. The number of methoxy groups -OCH3 is 1. The lowest BCUT2D eigenvalue weighted by atomic mass is 9.92. The van der Waals surface area contributed by atoms with Crippen molar-refractivity contribution in [3.05, 3.63) is 17.5 Å². The second kappa shape index (κ2) is 6.34. The van der Waals surface area contributed by atoms with Crippen molar-refractivity contribution in [1.82, 2.24) is 15.1 Å². The number of hydrogen-bond donors (Lipinski definition) is 1. The predicted molar refractivity (Wildman–Crippen MR) is 72.5 cm³/mol. The van der Waals surface area contributed by atoms with Crippen molar-refractivity contribution in [3.63, 3.8) is 0 Å². The van der Waals surface area contributed by atoms with Crippen LogP contribution in [0.2, 0.25) is 0 Å². The molecule has 2 rings (SSSR count). The Balaban J connectivity index is 1.93. The molecule has 0 radical (unpaired) electrons. The van der Waals surface area contributed by atoms with Crippen molar-refractivity contribution in [2.75, 3.05) is 7.11 Å². The van der Waals surface area contributed by atoms with Gasteiger partial charge in [0.25, 0.3) is 0 Å². The Bertz CT molecular complexity index is 375. The van der Waals surface area contributed by atoms with E-state index < -0.39 is 0 Å². The van der Waals surface area contributed by atoms with Crippen LogP contribution >= 0.6 is 0 Å². The molecule has 0 spiro atoms. The van der Waals surface area contributed by atoms with Crippen LogP contribution in [0, 0.1) is 0 Å². The molecule has 4 heteroatoms. The summed E-state index contributed by atoms with van der Waals surface area (Å²) >= 11 is 0. The van der Waals surface area contributed by atoms with Crippen LogP contribution in [0.3, 0.4) is 0 Å². The Kier molecular flexibility index (Phi) is 4.78. The van der Waals surface area contributed by atoms with Crippen molar-refractivity contribution >= 4 is 0 Å². The first-order chi connectivity index (χ1) is 8.74. The Hall–Kier alpha value is -0.870. The van der Waals surface area contributed by atoms with E-state index in [1.165, 1.54) is 36.9 Å². The minimum atomic E-state index is 0.375. The molecule has 1 aromatic heterocycles. The van der Waals surface area contributed by atoms with E-state index in [1.807, 2.05) is 18.8 Å². The van der Waals surface area contributed by atoms with E-state index in [0.717, 1.165) is 13.0 Å². The molecule has 1 N–H and O–H groups in total. The molecule has 1 heterocycles. The van der Waals surface area contributed by atoms with Crippen molar-refractivity contribution in [2.24, 2.45) is 7.05 Å². The number of nitrogens with zero attached hydrogens (tertiary/aromatic N) is 2. The minimum Gasteiger partial charge on any atom is -0.380 e. The van der Waals surface area contributed by atoms with Gasteiger partial charge in [-0.1, -0.05) is 19.8 Å². The molecule has 0 aromatic carbocycles. The summed E-state index contributed by atoms with van der Waals surface area (Å²) in [6.45, 7) is 3.06. The number of ether oxygens (including phenoxy) is 1. The third-order valence-electron chi connectivity index (χ3n) is 3.89. The molecule has 2 unspecified atom stereocenters. The van der Waals surface area contributed by atoms with Gasteiger partial charge in [0.2, 0.25) is 0 Å². The standard InChI is InChI=1S/C14H25N3O/c1-4-12-11(10-17(2)16-12)9-15-13-7-5-6-8-14(13)18-3/h10,13-15H,4-9H2,1-3H3. The van der Waals surface area contributed by atoms with Gasteiger partial charge in [0.05, 0.1) is 11.8 Å². The maximum atomic E-state index is 5.57. The topological polar surface area (TPSA) is 39.1 Å². The van der Waals surface area contributed by atoms with E-state index in [4.69, 9.17) is 4.74 Å². The highest BCUT2D eigenvalue weighted by molar-refractivity contribution is 5.16. The lowest BCUT2D eigenvalue weighted by molar-refractivity contribution is 0.0412. The SMILES string of the molecule is CCc1nn(C)cc1CNC1CCCCC1OC. The number of aryl methyl sites for hydroxylation is 2. The maximum absolute atomic E-state index is 5.57. The number of rotatable bonds is 5. The third kappa shape index (κ3) is 3.12. The summed E-state index contributed by atoms with van der Waals surface area (Å²) in [5.74, 6) is 0. The number of hydrogen-bond acceptors (Lipinski definition) is 3. The molecule has 1 aliphatic carbocycles. The predicted octanol–water partition coefficient (Wildman–Crippen LogP) is 2.03. The fourth-order valence-corrected chi connectivity index (χ4v) is 2.88. The van der Waals surface area contributed by atoms with Gasteiger partial charge in [-0.05, 0) is 19.3 Å². The zero-order valence-corrected chi connectivity index (χ0v) is 11.8. The van der Waals surface area contributed by atoms with Crippen molar-refractivity contribution < 1.29 is 4.74 Å². The maximum Gasteiger partial charge on any atom is 0.0724 e. The lowest BCUT2D eigenvalue weighted by Gasteiger charge is -2.31. The van der Waals surface area contributed by atoms with Gasteiger partial charge >= 0.3 is 0 Å². The van der Waals surface area contributed by atoms with Gasteiger partial charge in [-0.2, -0.15) is 5.10 Å². The van der Waals surface area contributed by atoms with Gasteiger partial charge in [0.1, 0.15) is 0 Å². The largest absolute Gasteiger partial charge is 0.380 e. The molecular weight excluding hydrogens is 226 g/mol. The normalized spacial score (nSPS) is 24.4. The summed E-state index contributed by atoms with van der Waals surface area (Å²) in [6, 6.07) is 0.494. The number of aromatic nitrogens is 2. The first-order valence-corrected chi connectivity index (χ1v) is 7.02. The second-order valence-electron chi connectivity index (χ2n) is 5.17. The average molecular weight is 251 g/mol. The van der Waals surface area contributed by atoms with Gasteiger partial charge in [-0.3, -0.25) is 4.68 Å². The van der Waals surface area contributed by atoms with Crippen LogP contribution in [-0.4, -0.2) is 29.0 Å². The summed E-state index contributed by atoms with van der Waals surface area (Å²) < 4.78 is 7.48. The smallest absolute Gasteiger partial charge is 0.0724 e. The molecule has 0 aliphatic heterocycles. The highest BCUT2D eigenvalue weighted by atomic mass is 16.5. The van der Waals surface area contributed by atoms with E-state index in [0.29, 0.717) is 12.1 Å². The number of nitrogens with one attached hydrogen (secondary N) is 1. The molecule has 102 valence electrons. The minimum absolute atomic E-state index is 0.375. The van der Waals surface area contributed by atoms with Crippen LogP contribution in [0.4, 0.5) is 0 Å². The summed E-state index contributed by atoms with van der Waals surface area (Å²) in [5, 5.41) is 8.13. The Labute approximate surface area is 110 Å². The van der Waals surface area contributed by atoms with Gasteiger partial charge < -0.3 is 10.1 Å². The molecule has 1 aromatic rings. The summed E-state index contributed by atoms with van der Waals surface area (Å²) in [6.07, 6.45) is 8.50. The summed E-state index contributed by atoms with van der Waals surface area (Å²) in [5.41, 5.74) is 2.52. The Morgan fingerprint density at radius 1 is 1.44 bits per heavy atom. The van der Waals surface area contributed by atoms with E-state index >= 15 is 0 Å². The lowest BCUT2D eigenvalue weighted by Crippen LogP contribution is -2.42. The first-order valence-electron chi connectivity index (χ1n) is 7.02. The van der Waals surface area contributed by atoms with Crippen LogP contribution < -0.4 is 5.32 Å². The molecule has 1 aliphatic rings. The third-order valence-corrected chi connectivity index (χ3v) is 3.89. The quantitative estimate of drug-likeness (QED) is 0.870. The zero-order valence-electron chi connectivity index (χ0n) is 11.8. The fraction of sp³-hybridized carbons (Fsp3) is 0.786. The van der Waals surface area contributed by atoms with E-state index in [1.54, 1.807) is 0 Å². The van der Waals surface area contributed by atoms with Crippen molar-refractivity contribution in [1.29, 1.82) is 0 Å². The van der Waals surface area contributed by atoms with Gasteiger partial charge in [-0.15, -0.1) is 0 Å². The van der Waals surface area contributed by atoms with Crippen LogP contribution in [0.5, 0.6) is 0 Å². The molecular formula is C14H25N3O. The van der Waals surface area contributed by atoms with Crippen molar-refractivity contribution in [2.45, 2.75) is 57.7 Å². The molecule has 4 nitrogen and oxygen atoms in total. The van der Waals surface area contributed by atoms with Crippen LogP contribution in [0.1, 0.15) is 43.9 Å². The van der Waals surface area contributed by atoms with Crippen LogP contribution in [0.15, 0.2) is 6.20 Å². The summed E-state index contributed by atoms with van der Waals surface area (Å²) in [7, 11) is 3.81. The fourth-order valence-electron chi connectivity index (χ4n) is 2.88. The highest BCUT2D eigenvalue weighted by Gasteiger charge is 2.24. The van der Waals surface area contributed by atoms with E-state index in [9.17, 15) is 0 Å². The zero-order chi connectivity index (χ0) is 13.0. The molecule has 0 bridgehead atoms. The van der Waals surface area contributed by atoms with Gasteiger partial charge in [0.15, 0.2) is 0 Å². The van der Waals surface area contributed by atoms with Crippen molar-refractivity contribution in [3.8, 4) is 0 Å². The van der Waals surface area contributed by atoms with Crippen LogP contribution in [0.25, 0.3) is 0 Å². The molecule has 18 heavy (non-hydrogen) atoms. The molecule has 0 saturated heterocycles. The van der Waals surface area contributed by atoms with Gasteiger partial charge in [-0.25, -0.2) is 0 Å². The van der Waals surface area contributed by atoms with E-state index in [-0.39, 0.29) is 0 Å². The second-order valence-corrected chi connectivity index (χ2v) is 5.17. The summed E-state index contributed by atoms with van der Waals surface area (Å²) in [4.78, 5) is 0. The van der Waals surface area contributed by atoms with Gasteiger partial charge in [0, 0.05) is 38.5 Å². The van der Waals surface area contributed by atoms with E-state index in [2.05, 4.69) is 23.5 Å². The molecule has 1 fully saturated rings. The molecule has 2 atom stereocenters. The highest BCUT2D eigenvalue weighted by Crippen LogP contribution is 2.21. The molecule has 1 saturated carbocycles. The average Bonchev–Trinajstić information content (AvgIpc) is 2.77. The molecule has 0 amide bonds. The van der Waals surface area contributed by atoms with Crippen LogP contribution in [-0.2, 0) is 24.8 Å². The Morgan fingerprint density at radius 2 is 2.22 bits per heavy atom. The Morgan fingerprint density at radius 3 is 2.94 bits per heavy atom. The first kappa shape index (κ1) is 13.6.